The molecule has 1 unspecified atom stereocenters. The molecule has 2 heterocycles. The summed E-state index contributed by atoms with van der Waals surface area (Å²) in [5.74, 6) is 0.930. The first-order valence-electron chi connectivity index (χ1n) is 6.89. The van der Waals surface area contributed by atoms with Crippen molar-refractivity contribution in [3.8, 4) is 5.75 Å². The maximum atomic E-state index is 11.3. The number of carboxylic acids is 1. The molecule has 2 aromatic rings. The number of hydrogen-bond acceptors (Lipinski definition) is 4. The Kier molecular flexibility index (Phi) is 4.22. The van der Waals surface area contributed by atoms with Gasteiger partial charge in [0.1, 0.15) is 5.75 Å². The van der Waals surface area contributed by atoms with Crippen LogP contribution >= 0.6 is 23.1 Å². The molecule has 1 aliphatic heterocycles. The van der Waals surface area contributed by atoms with E-state index in [1.54, 1.807) is 0 Å². The maximum Gasteiger partial charge on any atom is 0.349 e. The van der Waals surface area contributed by atoms with Gasteiger partial charge in [-0.2, -0.15) is 0 Å². The van der Waals surface area contributed by atoms with Crippen molar-refractivity contribution in [3.63, 3.8) is 0 Å². The van der Waals surface area contributed by atoms with Gasteiger partial charge in [-0.25, -0.2) is 4.79 Å². The van der Waals surface area contributed by atoms with Crippen LogP contribution in [0.3, 0.4) is 0 Å². The molecule has 0 fully saturated rings. The summed E-state index contributed by atoms with van der Waals surface area (Å²) in [6.45, 7) is 2.55. The second-order valence-corrected chi connectivity index (χ2v) is 7.12. The second kappa shape index (κ2) is 6.12. The molecule has 1 aromatic heterocycles. The van der Waals surface area contributed by atoms with Crippen LogP contribution in [-0.2, 0) is 6.42 Å². The lowest BCUT2D eigenvalue weighted by Gasteiger charge is -2.12. The summed E-state index contributed by atoms with van der Waals surface area (Å²) in [6.07, 6.45) is 0.830. The highest BCUT2D eigenvalue weighted by Gasteiger charge is 2.24. The number of carboxylic acid groups (broad SMARTS) is 1. The molecule has 0 saturated carbocycles. The third-order valence-electron chi connectivity index (χ3n) is 3.53. The SMILES string of the molecule is CCc1cc(OCC2CSc3ccccc32)c(C(=O)O)s1. The van der Waals surface area contributed by atoms with Crippen LogP contribution in [0, 0.1) is 0 Å². The first-order chi connectivity index (χ1) is 10.2. The number of rotatable bonds is 5. The van der Waals surface area contributed by atoms with Crippen LogP contribution in [0.1, 0.15) is 33.0 Å². The molecule has 0 radical (unpaired) electrons. The summed E-state index contributed by atoms with van der Waals surface area (Å²) < 4.78 is 5.84. The fraction of sp³-hybridized carbons (Fsp3) is 0.312. The highest BCUT2D eigenvalue weighted by molar-refractivity contribution is 7.99. The van der Waals surface area contributed by atoms with E-state index in [0.717, 1.165) is 17.1 Å². The van der Waals surface area contributed by atoms with Gasteiger partial charge in [0.25, 0.3) is 0 Å². The molecule has 3 rings (SSSR count). The van der Waals surface area contributed by atoms with E-state index in [0.29, 0.717) is 23.2 Å². The van der Waals surface area contributed by atoms with Gasteiger partial charge in [0, 0.05) is 21.4 Å². The average molecular weight is 320 g/mol. The Morgan fingerprint density at radius 3 is 3.00 bits per heavy atom. The first-order valence-corrected chi connectivity index (χ1v) is 8.69. The van der Waals surface area contributed by atoms with Crippen LogP contribution in [0.25, 0.3) is 0 Å². The van der Waals surface area contributed by atoms with E-state index in [9.17, 15) is 9.90 Å². The van der Waals surface area contributed by atoms with Gasteiger partial charge in [0.2, 0.25) is 0 Å². The average Bonchev–Trinajstić information content (AvgIpc) is 3.09. The third-order valence-corrected chi connectivity index (χ3v) is 6.03. The lowest BCUT2D eigenvalue weighted by molar-refractivity contribution is 0.0698. The molecular weight excluding hydrogens is 304 g/mol. The van der Waals surface area contributed by atoms with Crippen molar-refractivity contribution in [1.29, 1.82) is 0 Å². The van der Waals surface area contributed by atoms with E-state index < -0.39 is 5.97 Å². The highest BCUT2D eigenvalue weighted by Crippen LogP contribution is 2.40. The van der Waals surface area contributed by atoms with E-state index in [2.05, 4.69) is 12.1 Å². The Balaban J connectivity index is 1.74. The zero-order valence-corrected chi connectivity index (χ0v) is 13.3. The number of benzene rings is 1. The molecule has 1 aromatic carbocycles. The summed E-state index contributed by atoms with van der Waals surface area (Å²) in [5, 5.41) is 9.25. The number of carbonyl (C=O) groups is 1. The molecule has 21 heavy (non-hydrogen) atoms. The van der Waals surface area contributed by atoms with Crippen LogP contribution in [0.15, 0.2) is 35.2 Å². The Morgan fingerprint density at radius 1 is 1.43 bits per heavy atom. The summed E-state index contributed by atoms with van der Waals surface area (Å²) in [7, 11) is 0. The van der Waals surface area contributed by atoms with Crippen molar-refractivity contribution < 1.29 is 14.6 Å². The third kappa shape index (κ3) is 2.94. The molecule has 0 bridgehead atoms. The number of ether oxygens (including phenoxy) is 1. The minimum Gasteiger partial charge on any atom is -0.491 e. The molecule has 3 nitrogen and oxygen atoms in total. The molecule has 0 amide bonds. The van der Waals surface area contributed by atoms with Gasteiger partial charge in [0.05, 0.1) is 6.61 Å². The van der Waals surface area contributed by atoms with Gasteiger partial charge in [-0.05, 0) is 24.1 Å². The normalized spacial score (nSPS) is 16.7. The number of thiophene rings is 1. The van der Waals surface area contributed by atoms with Crippen LogP contribution in [-0.4, -0.2) is 23.4 Å². The Bertz CT molecular complexity index is 663. The molecule has 5 heteroatoms. The second-order valence-electron chi connectivity index (χ2n) is 4.92. The molecule has 1 N–H and O–H groups in total. The lowest BCUT2D eigenvalue weighted by atomic mass is 10.0. The molecule has 0 spiro atoms. The minimum atomic E-state index is -0.907. The van der Waals surface area contributed by atoms with Crippen LogP contribution in [0.2, 0.25) is 0 Å². The maximum absolute atomic E-state index is 11.3. The van der Waals surface area contributed by atoms with Crippen LogP contribution in [0.4, 0.5) is 0 Å². The molecule has 0 aliphatic carbocycles. The molecule has 0 saturated heterocycles. The fourth-order valence-corrected chi connectivity index (χ4v) is 4.52. The zero-order valence-electron chi connectivity index (χ0n) is 11.7. The topological polar surface area (TPSA) is 46.5 Å². The number of fused-ring (bicyclic) bond motifs is 1. The van der Waals surface area contributed by atoms with Crippen molar-refractivity contribution in [1.82, 2.24) is 0 Å². The van der Waals surface area contributed by atoms with Crippen molar-refractivity contribution in [3.05, 3.63) is 45.6 Å². The predicted octanol–water partition coefficient (Wildman–Crippen LogP) is 4.28. The Labute approximate surface area is 132 Å². The van der Waals surface area contributed by atoms with E-state index in [-0.39, 0.29) is 0 Å². The Morgan fingerprint density at radius 2 is 2.24 bits per heavy atom. The van der Waals surface area contributed by atoms with Gasteiger partial charge >= 0.3 is 5.97 Å². The molecule has 1 aliphatic rings. The first kappa shape index (κ1) is 14.5. The quantitative estimate of drug-likeness (QED) is 0.893. The van der Waals surface area contributed by atoms with Gasteiger partial charge in [0.15, 0.2) is 4.88 Å². The van der Waals surface area contributed by atoms with Crippen molar-refractivity contribution in [2.24, 2.45) is 0 Å². The smallest absolute Gasteiger partial charge is 0.349 e. The predicted molar refractivity (Wildman–Crippen MR) is 86.1 cm³/mol. The van der Waals surface area contributed by atoms with E-state index in [1.165, 1.54) is 21.8 Å². The van der Waals surface area contributed by atoms with Gasteiger partial charge in [-0.3, -0.25) is 0 Å². The van der Waals surface area contributed by atoms with Gasteiger partial charge in [-0.15, -0.1) is 23.1 Å². The summed E-state index contributed by atoms with van der Waals surface area (Å²) in [4.78, 5) is 13.9. The van der Waals surface area contributed by atoms with Crippen molar-refractivity contribution >= 4 is 29.1 Å². The number of aromatic carboxylic acids is 1. The fourth-order valence-electron chi connectivity index (χ4n) is 2.41. The van der Waals surface area contributed by atoms with Crippen LogP contribution < -0.4 is 4.74 Å². The van der Waals surface area contributed by atoms with Crippen LogP contribution in [0.5, 0.6) is 5.75 Å². The highest BCUT2D eigenvalue weighted by atomic mass is 32.2. The monoisotopic (exact) mass is 320 g/mol. The summed E-state index contributed by atoms with van der Waals surface area (Å²) in [6, 6.07) is 10.2. The number of aryl methyl sites for hydroxylation is 1. The minimum absolute atomic E-state index is 0.311. The lowest BCUT2D eigenvalue weighted by Crippen LogP contribution is -2.10. The largest absolute Gasteiger partial charge is 0.491 e. The summed E-state index contributed by atoms with van der Waals surface area (Å²) in [5.41, 5.74) is 1.31. The number of hydrogen-bond donors (Lipinski definition) is 1. The Hall–Kier alpha value is -1.46. The molecule has 1 atom stereocenters. The van der Waals surface area contributed by atoms with E-state index in [4.69, 9.17) is 4.74 Å². The van der Waals surface area contributed by atoms with Crippen molar-refractivity contribution in [2.75, 3.05) is 12.4 Å². The standard InChI is InChI=1S/C16H16O3S2/c1-2-11-7-13(15(21-11)16(17)18)19-8-10-9-20-14-6-4-3-5-12(10)14/h3-7,10H,2,8-9H2,1H3,(H,17,18). The van der Waals surface area contributed by atoms with E-state index >= 15 is 0 Å². The van der Waals surface area contributed by atoms with Crippen molar-refractivity contribution in [2.45, 2.75) is 24.2 Å². The van der Waals surface area contributed by atoms with E-state index in [1.807, 2.05) is 36.9 Å². The van der Waals surface area contributed by atoms with Gasteiger partial charge in [-0.1, -0.05) is 25.1 Å². The molecule has 110 valence electrons. The van der Waals surface area contributed by atoms with Gasteiger partial charge < -0.3 is 9.84 Å². The molecular formula is C16H16O3S2. The summed E-state index contributed by atoms with van der Waals surface area (Å²) >= 11 is 3.14. The zero-order chi connectivity index (χ0) is 14.8. The number of thioether (sulfide) groups is 1.